The molecular formula is C12H14Na2O4. The average molecular weight is 268 g/mol. The Bertz CT molecular complexity index is 223. The van der Waals surface area contributed by atoms with E-state index in [-0.39, 0.29) is 59.1 Å². The summed E-state index contributed by atoms with van der Waals surface area (Å²) in [5.74, 6) is 0. The van der Waals surface area contributed by atoms with E-state index in [1.807, 2.05) is 0 Å². The SMILES string of the molecule is C1=CCC=C1.C1=CCC=C1.O=C[O-].O=C[O-].[Na+].[Na+]. The summed E-state index contributed by atoms with van der Waals surface area (Å²) >= 11 is 0. The molecule has 0 unspecified atom stereocenters. The maximum atomic E-state index is 8.25. The minimum absolute atomic E-state index is 0. The summed E-state index contributed by atoms with van der Waals surface area (Å²) in [7, 11) is 0. The molecule has 88 valence electrons. The number of allylic oxidation sites excluding steroid dienone is 8. The molecule has 4 nitrogen and oxygen atoms in total. The Morgan fingerprint density at radius 3 is 0.889 bits per heavy atom. The molecule has 0 aromatic rings. The topological polar surface area (TPSA) is 80.3 Å². The summed E-state index contributed by atoms with van der Waals surface area (Å²) < 4.78 is 0. The predicted molar refractivity (Wildman–Crippen MR) is 57.9 cm³/mol. The summed E-state index contributed by atoms with van der Waals surface area (Å²) in [6.07, 6.45) is 19.0. The number of rotatable bonds is 0. The molecule has 6 heteroatoms. The zero-order chi connectivity index (χ0) is 12.5. The molecule has 0 radical (unpaired) electrons. The number of carbonyl (C=O) groups is 2. The van der Waals surface area contributed by atoms with Crippen LogP contribution in [0.2, 0.25) is 0 Å². The molecule has 0 spiro atoms. The van der Waals surface area contributed by atoms with Crippen molar-refractivity contribution in [2.24, 2.45) is 0 Å². The van der Waals surface area contributed by atoms with E-state index >= 15 is 0 Å². The van der Waals surface area contributed by atoms with Crippen molar-refractivity contribution in [1.29, 1.82) is 0 Å². The van der Waals surface area contributed by atoms with Gasteiger partial charge in [0.25, 0.3) is 0 Å². The van der Waals surface area contributed by atoms with Gasteiger partial charge < -0.3 is 19.8 Å². The Kier molecular flexibility index (Phi) is 44.4. The second-order valence-electron chi connectivity index (χ2n) is 2.38. The van der Waals surface area contributed by atoms with E-state index in [2.05, 4.69) is 48.6 Å². The van der Waals surface area contributed by atoms with Crippen molar-refractivity contribution in [2.75, 3.05) is 0 Å². The summed E-state index contributed by atoms with van der Waals surface area (Å²) in [6.45, 7) is -1.00. The van der Waals surface area contributed by atoms with Crippen molar-refractivity contribution < 1.29 is 78.9 Å². The van der Waals surface area contributed by atoms with E-state index in [9.17, 15) is 0 Å². The zero-order valence-corrected chi connectivity index (χ0v) is 14.8. The van der Waals surface area contributed by atoms with Crippen LogP contribution in [0.15, 0.2) is 48.6 Å². The molecule has 0 saturated heterocycles. The van der Waals surface area contributed by atoms with E-state index < -0.39 is 12.9 Å². The number of hydrogen-bond acceptors (Lipinski definition) is 4. The van der Waals surface area contributed by atoms with Gasteiger partial charge in [0.2, 0.25) is 0 Å². The smallest absolute Gasteiger partial charge is 0.554 e. The summed E-state index contributed by atoms with van der Waals surface area (Å²) in [5.41, 5.74) is 0. The molecule has 0 amide bonds. The van der Waals surface area contributed by atoms with Gasteiger partial charge in [-0.15, -0.1) is 0 Å². The van der Waals surface area contributed by atoms with Crippen molar-refractivity contribution in [3.8, 4) is 0 Å². The molecule has 0 atom stereocenters. The molecule has 0 aromatic heterocycles. The van der Waals surface area contributed by atoms with E-state index in [4.69, 9.17) is 19.8 Å². The van der Waals surface area contributed by atoms with Gasteiger partial charge in [-0.2, -0.15) is 0 Å². The fourth-order valence-corrected chi connectivity index (χ4v) is 0.786. The van der Waals surface area contributed by atoms with Crippen LogP contribution >= 0.6 is 0 Å². The molecule has 0 bridgehead atoms. The predicted octanol–water partition coefficient (Wildman–Crippen LogP) is -6.25. The molecular weight excluding hydrogens is 254 g/mol. The zero-order valence-electron chi connectivity index (χ0n) is 10.8. The first-order valence-corrected chi connectivity index (χ1v) is 4.58. The van der Waals surface area contributed by atoms with Crippen LogP contribution < -0.4 is 69.3 Å². The van der Waals surface area contributed by atoms with Crippen molar-refractivity contribution in [3.63, 3.8) is 0 Å². The molecule has 2 rings (SSSR count). The van der Waals surface area contributed by atoms with E-state index in [1.54, 1.807) is 0 Å². The molecule has 0 heterocycles. The van der Waals surface area contributed by atoms with Crippen LogP contribution in [0.5, 0.6) is 0 Å². The van der Waals surface area contributed by atoms with Gasteiger partial charge in [0, 0.05) is 12.9 Å². The second kappa shape index (κ2) is 30.2. The normalized spacial score (nSPS) is 11.1. The minimum Gasteiger partial charge on any atom is -0.554 e. The van der Waals surface area contributed by atoms with Crippen LogP contribution in [-0.2, 0) is 9.59 Å². The third-order valence-electron chi connectivity index (χ3n) is 1.31. The molecule has 2 aliphatic carbocycles. The van der Waals surface area contributed by atoms with Gasteiger partial charge >= 0.3 is 59.1 Å². The summed E-state index contributed by atoms with van der Waals surface area (Å²) in [5, 5.41) is 16.5. The first-order valence-electron chi connectivity index (χ1n) is 4.58. The van der Waals surface area contributed by atoms with Gasteiger partial charge in [0.1, 0.15) is 0 Å². The van der Waals surface area contributed by atoms with Gasteiger partial charge in [-0.3, -0.25) is 0 Å². The Morgan fingerprint density at radius 2 is 0.833 bits per heavy atom. The summed E-state index contributed by atoms with van der Waals surface area (Å²) in [4.78, 5) is 16.5. The maximum Gasteiger partial charge on any atom is 1.00 e. The van der Waals surface area contributed by atoms with Gasteiger partial charge in [0.15, 0.2) is 0 Å². The molecule has 0 aliphatic heterocycles. The van der Waals surface area contributed by atoms with Crippen molar-refractivity contribution in [3.05, 3.63) is 48.6 Å². The standard InChI is InChI=1S/2C5H6.2CH2O2.2Na/c2*1-2-4-5-3-1;2*2-1-3;;/h2*1-4H,5H2;2*1H,(H,2,3);;/q;;;;2*+1/p-2. The van der Waals surface area contributed by atoms with Gasteiger partial charge in [-0.1, -0.05) is 48.6 Å². The second-order valence-corrected chi connectivity index (χ2v) is 2.38. The van der Waals surface area contributed by atoms with Crippen LogP contribution in [0.1, 0.15) is 12.8 Å². The molecule has 0 N–H and O–H groups in total. The third kappa shape index (κ3) is 36.0. The first-order chi connectivity index (χ1) is 7.83. The van der Waals surface area contributed by atoms with Crippen molar-refractivity contribution in [1.82, 2.24) is 0 Å². The first kappa shape index (κ1) is 26.5. The van der Waals surface area contributed by atoms with Crippen LogP contribution in [-0.4, -0.2) is 12.9 Å². The van der Waals surface area contributed by atoms with Gasteiger partial charge in [-0.25, -0.2) is 0 Å². The number of hydrogen-bond donors (Lipinski definition) is 0. The molecule has 0 saturated carbocycles. The van der Waals surface area contributed by atoms with Crippen LogP contribution in [0, 0.1) is 0 Å². The van der Waals surface area contributed by atoms with Crippen LogP contribution in [0.4, 0.5) is 0 Å². The molecule has 18 heavy (non-hydrogen) atoms. The van der Waals surface area contributed by atoms with Gasteiger partial charge in [-0.05, 0) is 12.8 Å². The van der Waals surface area contributed by atoms with Crippen LogP contribution in [0.25, 0.3) is 0 Å². The quantitative estimate of drug-likeness (QED) is 0.323. The summed E-state index contributed by atoms with van der Waals surface area (Å²) in [6, 6.07) is 0. The Balaban J connectivity index is -0.0000000725. The Labute approximate surface area is 152 Å². The molecule has 2 aliphatic rings. The van der Waals surface area contributed by atoms with E-state index in [1.165, 1.54) is 0 Å². The number of carbonyl (C=O) groups excluding carboxylic acids is 2. The fourth-order valence-electron chi connectivity index (χ4n) is 0.786. The third-order valence-corrected chi connectivity index (χ3v) is 1.31. The maximum absolute atomic E-state index is 8.25. The average Bonchev–Trinajstić information content (AvgIpc) is 3.00. The van der Waals surface area contributed by atoms with E-state index in [0.717, 1.165) is 12.8 Å². The monoisotopic (exact) mass is 268 g/mol. The Morgan fingerprint density at radius 1 is 0.667 bits per heavy atom. The Hall–Kier alpha value is -0.100. The van der Waals surface area contributed by atoms with Crippen molar-refractivity contribution >= 4 is 12.9 Å². The minimum atomic E-state index is -0.500. The number of carboxylic acid groups (broad SMARTS) is 2. The molecule has 0 aromatic carbocycles. The largest absolute Gasteiger partial charge is 1.00 e. The van der Waals surface area contributed by atoms with E-state index in [0.29, 0.717) is 0 Å². The van der Waals surface area contributed by atoms with Crippen LogP contribution in [0.3, 0.4) is 0 Å². The fraction of sp³-hybridized carbons (Fsp3) is 0.167. The van der Waals surface area contributed by atoms with Crippen molar-refractivity contribution in [2.45, 2.75) is 12.8 Å². The molecule has 0 fully saturated rings. The van der Waals surface area contributed by atoms with Gasteiger partial charge in [0.05, 0.1) is 0 Å².